The number of benzene rings is 10. The van der Waals surface area contributed by atoms with Crippen LogP contribution in [0.2, 0.25) is 0 Å². The highest BCUT2D eigenvalue weighted by atomic mass is 16.5. The first-order valence-corrected chi connectivity index (χ1v) is 27.6. The monoisotopic (exact) mass is 1040 g/mol. The zero-order valence-electron chi connectivity index (χ0n) is 46.1. The minimum atomic E-state index is 0.0306. The standard InChI is InChI=1S/C74H62N4O2/c1-73(2,3)54-38-34-52(35-39-54)62-29-19-30-63(53-36-40-55(41-37-53)74(4,5)6)72(62)80-59-44-45-75-70(48-59)78-66-31-14-13-26-64(66)65-43-42-58(47-69(65)78)79-57-25-17-24-56(46-57)76-49-77(68-33-16-15-32-67(68)76)71-60(50-20-9-7-10-21-50)27-18-28-61(71)51-22-11-8-12-23-51/h7-48H,49H2,1-6H3. The third-order valence-electron chi connectivity index (χ3n) is 15.5. The zero-order valence-corrected chi connectivity index (χ0v) is 46.1. The second-order valence-electron chi connectivity index (χ2n) is 22.8. The van der Waals surface area contributed by atoms with Crippen LogP contribution in [-0.2, 0) is 10.8 Å². The smallest absolute Gasteiger partial charge is 0.143 e. The van der Waals surface area contributed by atoms with Gasteiger partial charge in [-0.2, -0.15) is 0 Å². The van der Waals surface area contributed by atoms with E-state index in [9.17, 15) is 0 Å². The van der Waals surface area contributed by atoms with Crippen LogP contribution >= 0.6 is 0 Å². The van der Waals surface area contributed by atoms with Crippen molar-refractivity contribution in [2.45, 2.75) is 52.4 Å². The highest BCUT2D eigenvalue weighted by Gasteiger charge is 2.32. The van der Waals surface area contributed by atoms with Gasteiger partial charge in [0, 0.05) is 63.1 Å². The van der Waals surface area contributed by atoms with Gasteiger partial charge >= 0.3 is 0 Å². The predicted molar refractivity (Wildman–Crippen MR) is 333 cm³/mol. The van der Waals surface area contributed by atoms with Crippen LogP contribution in [0.5, 0.6) is 23.0 Å². The molecule has 0 saturated heterocycles. The Bertz CT molecular complexity index is 4090. The lowest BCUT2D eigenvalue weighted by Gasteiger charge is -2.27. The topological polar surface area (TPSA) is 42.8 Å². The number of ether oxygens (including phenoxy) is 2. The highest BCUT2D eigenvalue weighted by molar-refractivity contribution is 6.09. The molecule has 0 N–H and O–H groups in total. The van der Waals surface area contributed by atoms with Gasteiger partial charge in [0.05, 0.1) is 28.1 Å². The molecule has 6 nitrogen and oxygen atoms in total. The van der Waals surface area contributed by atoms with Crippen LogP contribution in [0.4, 0.5) is 22.7 Å². The van der Waals surface area contributed by atoms with Crippen LogP contribution in [0, 0.1) is 0 Å². The van der Waals surface area contributed by atoms with Gasteiger partial charge in [0.1, 0.15) is 35.5 Å². The van der Waals surface area contributed by atoms with Crippen molar-refractivity contribution in [1.82, 2.24) is 9.55 Å². The van der Waals surface area contributed by atoms with E-state index in [4.69, 9.17) is 14.5 Å². The number of anilines is 4. The molecule has 6 heteroatoms. The summed E-state index contributed by atoms with van der Waals surface area (Å²) in [7, 11) is 0. The molecule has 80 heavy (non-hydrogen) atoms. The van der Waals surface area contributed by atoms with Gasteiger partial charge in [0.2, 0.25) is 0 Å². The molecular formula is C74H62N4O2. The van der Waals surface area contributed by atoms with E-state index >= 15 is 0 Å². The van der Waals surface area contributed by atoms with E-state index in [0.29, 0.717) is 18.2 Å². The fourth-order valence-corrected chi connectivity index (χ4v) is 11.4. The van der Waals surface area contributed by atoms with E-state index in [1.807, 2.05) is 24.4 Å². The largest absolute Gasteiger partial charge is 0.457 e. The molecule has 0 radical (unpaired) electrons. The van der Waals surface area contributed by atoms with Crippen molar-refractivity contribution in [2.24, 2.45) is 0 Å². The van der Waals surface area contributed by atoms with E-state index in [1.165, 1.54) is 39.1 Å². The van der Waals surface area contributed by atoms with E-state index in [-0.39, 0.29) is 10.8 Å². The molecule has 0 spiro atoms. The Morgan fingerprint density at radius 1 is 0.375 bits per heavy atom. The Morgan fingerprint density at radius 3 is 1.49 bits per heavy atom. The van der Waals surface area contributed by atoms with Gasteiger partial charge < -0.3 is 19.3 Å². The van der Waals surface area contributed by atoms with Crippen LogP contribution in [0.25, 0.3) is 72.1 Å². The van der Waals surface area contributed by atoms with Crippen LogP contribution < -0.4 is 19.3 Å². The maximum absolute atomic E-state index is 7.18. The third-order valence-corrected chi connectivity index (χ3v) is 15.5. The molecule has 0 bridgehead atoms. The summed E-state index contributed by atoms with van der Waals surface area (Å²) in [4.78, 5) is 9.89. The molecule has 390 valence electrons. The molecule has 12 aromatic rings. The molecule has 0 fully saturated rings. The summed E-state index contributed by atoms with van der Waals surface area (Å²) in [6.07, 6.45) is 1.84. The predicted octanol–water partition coefficient (Wildman–Crippen LogP) is 20.3. The molecule has 0 atom stereocenters. The second-order valence-corrected chi connectivity index (χ2v) is 22.8. The molecular weight excluding hydrogens is 977 g/mol. The van der Waals surface area contributed by atoms with E-state index in [2.05, 4.69) is 286 Å². The lowest BCUT2D eigenvalue weighted by atomic mass is 9.85. The van der Waals surface area contributed by atoms with Crippen molar-refractivity contribution in [3.05, 3.63) is 266 Å². The summed E-state index contributed by atoms with van der Waals surface area (Å²) in [5, 5.41) is 2.22. The minimum absolute atomic E-state index is 0.0306. The molecule has 0 amide bonds. The van der Waals surface area contributed by atoms with Crippen molar-refractivity contribution in [2.75, 3.05) is 16.5 Å². The summed E-state index contributed by atoms with van der Waals surface area (Å²) < 4.78 is 16.3. The van der Waals surface area contributed by atoms with Crippen LogP contribution in [-0.4, -0.2) is 16.2 Å². The Balaban J connectivity index is 0.850. The number of pyridine rings is 1. The SMILES string of the molecule is CC(C)(C)c1ccc(-c2cccc(-c3ccc(C(C)(C)C)cc3)c2Oc2ccnc(-n3c4ccccc4c4ccc(Oc5cccc(N6CN(c7c(-c8ccccc8)cccc7-c7ccccc7)c7ccccc76)c5)cc43)c2)cc1. The number of hydrogen-bond donors (Lipinski definition) is 0. The molecule has 0 unspecified atom stereocenters. The number of hydrogen-bond acceptors (Lipinski definition) is 5. The van der Waals surface area contributed by atoms with Crippen molar-refractivity contribution in [3.63, 3.8) is 0 Å². The number of nitrogens with zero attached hydrogens (tertiary/aromatic N) is 4. The highest BCUT2D eigenvalue weighted by Crippen LogP contribution is 2.51. The summed E-state index contributed by atoms with van der Waals surface area (Å²) in [6.45, 7) is 14.1. The average molecular weight is 1040 g/mol. The first-order chi connectivity index (χ1) is 38.9. The fourth-order valence-electron chi connectivity index (χ4n) is 11.4. The number of rotatable bonds is 11. The molecule has 1 aliphatic heterocycles. The fraction of sp³-hybridized carbons (Fsp3) is 0.122. The van der Waals surface area contributed by atoms with Crippen LogP contribution in [0.3, 0.4) is 0 Å². The van der Waals surface area contributed by atoms with Gasteiger partial charge in [-0.1, -0.05) is 224 Å². The lowest BCUT2D eigenvalue weighted by Crippen LogP contribution is -2.24. The molecule has 2 aromatic heterocycles. The number of aromatic nitrogens is 2. The Labute approximate surface area is 469 Å². The first-order valence-electron chi connectivity index (χ1n) is 27.6. The molecule has 10 aromatic carbocycles. The Kier molecular flexibility index (Phi) is 12.7. The minimum Gasteiger partial charge on any atom is -0.457 e. The number of para-hydroxylation sites is 5. The zero-order chi connectivity index (χ0) is 54.5. The van der Waals surface area contributed by atoms with E-state index in [0.717, 1.165) is 78.4 Å². The van der Waals surface area contributed by atoms with Crippen molar-refractivity contribution >= 4 is 44.6 Å². The number of fused-ring (bicyclic) bond motifs is 4. The van der Waals surface area contributed by atoms with E-state index < -0.39 is 0 Å². The van der Waals surface area contributed by atoms with Crippen molar-refractivity contribution < 1.29 is 9.47 Å². The Morgan fingerprint density at radius 2 is 0.875 bits per heavy atom. The van der Waals surface area contributed by atoms with Crippen LogP contribution in [0.1, 0.15) is 52.7 Å². The van der Waals surface area contributed by atoms with Crippen LogP contribution in [0.15, 0.2) is 255 Å². The third kappa shape index (κ3) is 9.43. The summed E-state index contributed by atoms with van der Waals surface area (Å²) in [5.74, 6) is 3.65. The van der Waals surface area contributed by atoms with Gasteiger partial charge in [0.15, 0.2) is 0 Å². The molecule has 13 rings (SSSR count). The quantitative estimate of drug-likeness (QED) is 0.129. The second kappa shape index (κ2) is 20.3. The van der Waals surface area contributed by atoms with Gasteiger partial charge in [-0.3, -0.25) is 4.57 Å². The molecule has 0 saturated carbocycles. The average Bonchev–Trinajstić information content (AvgIpc) is 4.27. The first kappa shape index (κ1) is 49.9. The maximum Gasteiger partial charge on any atom is 0.143 e. The van der Waals surface area contributed by atoms with Gasteiger partial charge in [0.25, 0.3) is 0 Å². The Hall–Kier alpha value is -9.65. The van der Waals surface area contributed by atoms with Crippen molar-refractivity contribution in [3.8, 4) is 73.3 Å². The molecule has 0 aliphatic carbocycles. The summed E-state index contributed by atoms with van der Waals surface area (Å²) in [6, 6.07) is 88.3. The van der Waals surface area contributed by atoms with E-state index in [1.54, 1.807) is 0 Å². The summed E-state index contributed by atoms with van der Waals surface area (Å²) in [5.41, 5.74) is 18.0. The lowest BCUT2D eigenvalue weighted by molar-refractivity contribution is 0.483. The molecule has 3 heterocycles. The normalized spacial score (nSPS) is 12.5. The molecule has 1 aliphatic rings. The van der Waals surface area contributed by atoms with Gasteiger partial charge in [-0.25, -0.2) is 4.98 Å². The van der Waals surface area contributed by atoms with Gasteiger partial charge in [-0.05, 0) is 92.7 Å². The van der Waals surface area contributed by atoms with Gasteiger partial charge in [-0.15, -0.1) is 0 Å². The van der Waals surface area contributed by atoms with Crippen molar-refractivity contribution in [1.29, 1.82) is 0 Å². The summed E-state index contributed by atoms with van der Waals surface area (Å²) >= 11 is 0. The maximum atomic E-state index is 7.18.